The summed E-state index contributed by atoms with van der Waals surface area (Å²) in [6.07, 6.45) is -3.60. The molecular formula is C16H11Cl2F3N2O2. The molecule has 0 spiro atoms. The number of alkyl halides is 3. The summed E-state index contributed by atoms with van der Waals surface area (Å²) in [6.45, 7) is 0.433. The topological polar surface area (TPSA) is 42.4 Å². The highest BCUT2D eigenvalue weighted by molar-refractivity contribution is 6.33. The van der Waals surface area contributed by atoms with E-state index >= 15 is 0 Å². The van der Waals surface area contributed by atoms with Gasteiger partial charge in [-0.3, -0.25) is 4.79 Å². The maximum atomic E-state index is 12.8. The number of hydrogen-bond donors (Lipinski definition) is 0. The predicted octanol–water partition coefficient (Wildman–Crippen LogP) is 4.88. The lowest BCUT2D eigenvalue weighted by Gasteiger charge is -2.30. The number of aryl methyl sites for hydroxylation is 1. The van der Waals surface area contributed by atoms with Gasteiger partial charge in [-0.25, -0.2) is 4.98 Å². The van der Waals surface area contributed by atoms with Crippen molar-refractivity contribution in [3.63, 3.8) is 0 Å². The number of ether oxygens (including phenoxy) is 1. The van der Waals surface area contributed by atoms with Gasteiger partial charge in [0.05, 0.1) is 0 Å². The summed E-state index contributed by atoms with van der Waals surface area (Å²) in [4.78, 5) is 18.0. The summed E-state index contributed by atoms with van der Waals surface area (Å²) < 4.78 is 41.0. The number of carbonyl (C=O) groups is 1. The fourth-order valence-electron chi connectivity index (χ4n) is 2.73. The van der Waals surface area contributed by atoms with Gasteiger partial charge in [0.1, 0.15) is 16.1 Å². The number of pyridine rings is 1. The smallest absolute Gasteiger partial charge is 0.406 e. The highest BCUT2D eigenvalue weighted by Crippen LogP contribution is 2.33. The molecule has 1 aliphatic heterocycles. The van der Waals surface area contributed by atoms with E-state index in [4.69, 9.17) is 23.2 Å². The van der Waals surface area contributed by atoms with Crippen LogP contribution in [-0.4, -0.2) is 23.8 Å². The van der Waals surface area contributed by atoms with Crippen LogP contribution in [0.15, 0.2) is 30.3 Å². The number of amides is 1. The van der Waals surface area contributed by atoms with E-state index in [9.17, 15) is 18.0 Å². The number of benzene rings is 1. The van der Waals surface area contributed by atoms with Gasteiger partial charge >= 0.3 is 6.36 Å². The minimum atomic E-state index is -4.76. The third kappa shape index (κ3) is 4.16. The summed E-state index contributed by atoms with van der Waals surface area (Å²) >= 11 is 11.7. The molecular weight excluding hydrogens is 380 g/mol. The Labute approximate surface area is 151 Å². The lowest BCUT2D eigenvalue weighted by molar-refractivity contribution is -0.274. The van der Waals surface area contributed by atoms with Gasteiger partial charge in [-0.15, -0.1) is 13.2 Å². The molecule has 4 nitrogen and oxygen atoms in total. The Kier molecular flexibility index (Phi) is 4.79. The average Bonchev–Trinajstić information content (AvgIpc) is 2.51. The van der Waals surface area contributed by atoms with E-state index in [1.54, 1.807) is 0 Å². The molecule has 1 aromatic heterocycles. The third-order valence-electron chi connectivity index (χ3n) is 3.66. The quantitative estimate of drug-likeness (QED) is 0.686. The van der Waals surface area contributed by atoms with Crippen LogP contribution in [0.3, 0.4) is 0 Å². The first-order valence-electron chi connectivity index (χ1n) is 7.26. The van der Waals surface area contributed by atoms with E-state index in [-0.39, 0.29) is 27.5 Å². The van der Waals surface area contributed by atoms with Gasteiger partial charge in [-0.2, -0.15) is 0 Å². The Balaban J connectivity index is 1.92. The molecule has 2 aromatic rings. The normalized spacial score (nSPS) is 14.2. The molecule has 1 amide bonds. The number of aromatic nitrogens is 1. The average molecular weight is 391 g/mol. The number of hydrogen-bond acceptors (Lipinski definition) is 3. The van der Waals surface area contributed by atoms with E-state index in [0.717, 1.165) is 0 Å². The largest absolute Gasteiger partial charge is 0.573 e. The van der Waals surface area contributed by atoms with E-state index in [1.165, 1.54) is 35.2 Å². The lowest BCUT2D eigenvalue weighted by atomic mass is 10.0. The van der Waals surface area contributed by atoms with Crippen LogP contribution < -0.4 is 9.64 Å². The van der Waals surface area contributed by atoms with Crippen LogP contribution in [-0.2, 0) is 6.42 Å². The van der Waals surface area contributed by atoms with Crippen molar-refractivity contribution in [2.75, 3.05) is 11.4 Å². The summed E-state index contributed by atoms with van der Waals surface area (Å²) in [5, 5.41) is 0.170. The predicted molar refractivity (Wildman–Crippen MR) is 87.4 cm³/mol. The SMILES string of the molecule is O=C(c1cc(Cl)nc(Cl)c1)N1CCCc2cc(OC(F)(F)F)ccc21. The zero-order valence-electron chi connectivity index (χ0n) is 12.6. The van der Waals surface area contributed by atoms with Crippen molar-refractivity contribution >= 4 is 34.8 Å². The second-order valence-electron chi connectivity index (χ2n) is 5.40. The molecule has 1 aromatic carbocycles. The standard InChI is InChI=1S/C16H11Cl2F3N2O2/c17-13-7-10(8-14(18)22-13)15(24)23-5-1-2-9-6-11(3-4-12(9)23)25-16(19,20)21/h3-4,6-8H,1-2,5H2. The third-order valence-corrected chi connectivity index (χ3v) is 4.05. The summed E-state index contributed by atoms with van der Waals surface area (Å²) in [6, 6.07) is 6.72. The van der Waals surface area contributed by atoms with Crippen LogP contribution in [0, 0.1) is 0 Å². The number of rotatable bonds is 2. The first-order valence-corrected chi connectivity index (χ1v) is 8.02. The molecule has 0 N–H and O–H groups in total. The number of carbonyl (C=O) groups excluding carboxylic acids is 1. The van der Waals surface area contributed by atoms with Crippen LogP contribution in [0.2, 0.25) is 10.3 Å². The van der Waals surface area contributed by atoms with Crippen LogP contribution in [0.1, 0.15) is 22.3 Å². The molecule has 0 unspecified atom stereocenters. The van der Waals surface area contributed by atoms with Gasteiger partial charge < -0.3 is 9.64 Å². The molecule has 0 bridgehead atoms. The second-order valence-corrected chi connectivity index (χ2v) is 6.17. The fraction of sp³-hybridized carbons (Fsp3) is 0.250. The summed E-state index contributed by atoms with van der Waals surface area (Å²) in [7, 11) is 0. The van der Waals surface area contributed by atoms with Crippen LogP contribution in [0.5, 0.6) is 5.75 Å². The molecule has 132 valence electrons. The van der Waals surface area contributed by atoms with Crippen molar-refractivity contribution in [3.8, 4) is 5.75 Å². The van der Waals surface area contributed by atoms with E-state index in [1.807, 2.05) is 0 Å². The van der Waals surface area contributed by atoms with Crippen molar-refractivity contribution in [2.24, 2.45) is 0 Å². The van der Waals surface area contributed by atoms with E-state index < -0.39 is 6.36 Å². The van der Waals surface area contributed by atoms with Crippen molar-refractivity contribution in [1.82, 2.24) is 4.98 Å². The van der Waals surface area contributed by atoms with Gasteiger partial charge in [0.25, 0.3) is 5.91 Å². The first kappa shape index (κ1) is 17.8. The highest BCUT2D eigenvalue weighted by atomic mass is 35.5. The lowest BCUT2D eigenvalue weighted by Crippen LogP contribution is -2.35. The number of fused-ring (bicyclic) bond motifs is 1. The van der Waals surface area contributed by atoms with Crippen LogP contribution in [0.25, 0.3) is 0 Å². The molecule has 9 heteroatoms. The van der Waals surface area contributed by atoms with Crippen molar-refractivity contribution < 1.29 is 22.7 Å². The van der Waals surface area contributed by atoms with Crippen LogP contribution in [0.4, 0.5) is 18.9 Å². The number of anilines is 1. The molecule has 0 saturated heterocycles. The molecule has 0 atom stereocenters. The molecule has 1 aliphatic rings. The fourth-order valence-corrected chi connectivity index (χ4v) is 3.19. The molecule has 25 heavy (non-hydrogen) atoms. The minimum Gasteiger partial charge on any atom is -0.406 e. The monoisotopic (exact) mass is 390 g/mol. The molecule has 2 heterocycles. The second kappa shape index (κ2) is 6.72. The van der Waals surface area contributed by atoms with E-state index in [0.29, 0.717) is 30.6 Å². The number of nitrogens with zero attached hydrogens (tertiary/aromatic N) is 2. The summed E-state index contributed by atoms with van der Waals surface area (Å²) in [5.74, 6) is -0.660. The Bertz CT molecular complexity index is 807. The maximum Gasteiger partial charge on any atom is 0.573 e. The Hall–Kier alpha value is -1.99. The molecule has 0 fully saturated rings. The van der Waals surface area contributed by atoms with Gasteiger partial charge in [0.2, 0.25) is 0 Å². The maximum absolute atomic E-state index is 12.8. The zero-order valence-corrected chi connectivity index (χ0v) is 14.1. The van der Waals surface area contributed by atoms with E-state index in [2.05, 4.69) is 9.72 Å². The zero-order chi connectivity index (χ0) is 18.2. The van der Waals surface area contributed by atoms with Crippen molar-refractivity contribution in [1.29, 1.82) is 0 Å². The Morgan fingerprint density at radius 1 is 1.16 bits per heavy atom. The Morgan fingerprint density at radius 3 is 2.48 bits per heavy atom. The van der Waals surface area contributed by atoms with Gasteiger partial charge in [-0.1, -0.05) is 23.2 Å². The van der Waals surface area contributed by atoms with Crippen molar-refractivity contribution in [2.45, 2.75) is 19.2 Å². The molecule has 0 radical (unpaired) electrons. The minimum absolute atomic E-state index is 0.0852. The van der Waals surface area contributed by atoms with Crippen LogP contribution >= 0.6 is 23.2 Å². The molecule has 0 aliphatic carbocycles. The van der Waals surface area contributed by atoms with Gasteiger partial charge in [-0.05, 0) is 48.7 Å². The summed E-state index contributed by atoms with van der Waals surface area (Å²) in [5.41, 5.74) is 1.40. The van der Waals surface area contributed by atoms with Crippen molar-refractivity contribution in [3.05, 3.63) is 51.8 Å². The number of halogens is 5. The Morgan fingerprint density at radius 2 is 1.84 bits per heavy atom. The van der Waals surface area contributed by atoms with Gasteiger partial charge in [0, 0.05) is 17.8 Å². The molecule has 0 saturated carbocycles. The van der Waals surface area contributed by atoms with Gasteiger partial charge in [0.15, 0.2) is 0 Å². The highest BCUT2D eigenvalue weighted by Gasteiger charge is 2.32. The first-order chi connectivity index (χ1) is 11.7. The molecule has 3 rings (SSSR count).